The number of nitrogens with two attached hydrogens (primary N) is 1. The van der Waals surface area contributed by atoms with E-state index in [9.17, 15) is 22.4 Å². The van der Waals surface area contributed by atoms with Crippen LogP contribution in [-0.4, -0.2) is 42.3 Å². The molecule has 0 bridgehead atoms. The standard InChI is InChI=1S/C10H16F4N2O.ClH/c1-6(15)7-2-4-16(5-3-7)9(17)10(13,14)8(11)12;/h6-8H,2-5,15H2,1H3;1H. The molecule has 0 saturated carbocycles. The van der Waals surface area contributed by atoms with Gasteiger partial charge in [0.15, 0.2) is 0 Å². The Kier molecular flexibility index (Phi) is 6.36. The van der Waals surface area contributed by atoms with Gasteiger partial charge in [-0.25, -0.2) is 8.78 Å². The molecule has 0 aliphatic carbocycles. The Balaban J connectivity index is 0.00000289. The molecule has 3 nitrogen and oxygen atoms in total. The Hall–Kier alpha value is -0.560. The zero-order chi connectivity index (χ0) is 13.2. The molecule has 0 aromatic carbocycles. The van der Waals surface area contributed by atoms with Crippen LogP contribution in [0.1, 0.15) is 19.8 Å². The molecule has 108 valence electrons. The van der Waals surface area contributed by atoms with Crippen molar-refractivity contribution in [3.63, 3.8) is 0 Å². The Morgan fingerprint density at radius 3 is 2.11 bits per heavy atom. The van der Waals surface area contributed by atoms with E-state index in [1.54, 1.807) is 6.92 Å². The highest BCUT2D eigenvalue weighted by molar-refractivity contribution is 5.85. The third-order valence-corrected chi connectivity index (χ3v) is 3.13. The average Bonchev–Trinajstić information content (AvgIpc) is 2.27. The van der Waals surface area contributed by atoms with Crippen molar-refractivity contribution in [2.45, 2.75) is 38.2 Å². The summed E-state index contributed by atoms with van der Waals surface area (Å²) in [4.78, 5) is 12.0. The summed E-state index contributed by atoms with van der Waals surface area (Å²) in [6.45, 7) is 1.93. The lowest BCUT2D eigenvalue weighted by Gasteiger charge is -2.35. The molecule has 0 radical (unpaired) electrons. The fourth-order valence-electron chi connectivity index (χ4n) is 1.93. The first kappa shape index (κ1) is 17.4. The second kappa shape index (κ2) is 6.56. The average molecular weight is 293 g/mol. The summed E-state index contributed by atoms with van der Waals surface area (Å²) in [5.74, 6) is -6.21. The normalized spacial score (nSPS) is 19.6. The number of halogens is 5. The monoisotopic (exact) mass is 292 g/mol. The van der Waals surface area contributed by atoms with Crippen LogP contribution in [0, 0.1) is 5.92 Å². The van der Waals surface area contributed by atoms with Crippen LogP contribution in [0.5, 0.6) is 0 Å². The second-order valence-electron chi connectivity index (χ2n) is 4.41. The highest BCUT2D eigenvalue weighted by atomic mass is 35.5. The van der Waals surface area contributed by atoms with Crippen LogP contribution in [-0.2, 0) is 4.79 Å². The zero-order valence-corrected chi connectivity index (χ0v) is 10.7. The van der Waals surface area contributed by atoms with Crippen LogP contribution in [0.2, 0.25) is 0 Å². The topological polar surface area (TPSA) is 46.3 Å². The molecule has 1 amide bonds. The Labute approximate surface area is 109 Å². The maximum Gasteiger partial charge on any atom is 0.383 e. The first-order valence-electron chi connectivity index (χ1n) is 5.47. The van der Waals surface area contributed by atoms with Gasteiger partial charge in [-0.2, -0.15) is 8.78 Å². The third-order valence-electron chi connectivity index (χ3n) is 3.13. The van der Waals surface area contributed by atoms with Gasteiger partial charge in [-0.15, -0.1) is 12.4 Å². The van der Waals surface area contributed by atoms with Crippen molar-refractivity contribution < 1.29 is 22.4 Å². The molecule has 1 rings (SSSR count). The van der Waals surface area contributed by atoms with Gasteiger partial charge >= 0.3 is 12.3 Å². The predicted octanol–water partition coefficient (Wildman–Crippen LogP) is 1.89. The zero-order valence-electron chi connectivity index (χ0n) is 9.91. The number of nitrogens with zero attached hydrogens (tertiary/aromatic N) is 1. The molecule has 1 atom stereocenters. The largest absolute Gasteiger partial charge is 0.383 e. The lowest BCUT2D eigenvalue weighted by atomic mass is 9.91. The Morgan fingerprint density at radius 2 is 1.78 bits per heavy atom. The number of likely N-dealkylation sites (tertiary alicyclic amines) is 1. The van der Waals surface area contributed by atoms with Crippen molar-refractivity contribution in [1.82, 2.24) is 4.90 Å². The first-order valence-corrected chi connectivity index (χ1v) is 5.47. The maximum absolute atomic E-state index is 12.8. The summed E-state index contributed by atoms with van der Waals surface area (Å²) < 4.78 is 49.6. The second-order valence-corrected chi connectivity index (χ2v) is 4.41. The van der Waals surface area contributed by atoms with Crippen molar-refractivity contribution in [1.29, 1.82) is 0 Å². The molecule has 1 fully saturated rings. The molecule has 18 heavy (non-hydrogen) atoms. The summed E-state index contributed by atoms with van der Waals surface area (Å²) in [6.07, 6.45) is -3.01. The molecular weight excluding hydrogens is 276 g/mol. The van der Waals surface area contributed by atoms with Crippen LogP contribution in [0.25, 0.3) is 0 Å². The third kappa shape index (κ3) is 3.71. The van der Waals surface area contributed by atoms with Gasteiger partial charge in [0.25, 0.3) is 5.91 Å². The summed E-state index contributed by atoms with van der Waals surface area (Å²) in [5.41, 5.74) is 5.65. The van der Waals surface area contributed by atoms with E-state index in [1.165, 1.54) is 0 Å². The minimum atomic E-state index is -4.58. The molecule has 1 heterocycles. The lowest BCUT2D eigenvalue weighted by Crippen LogP contribution is -2.51. The molecule has 1 aliphatic heterocycles. The molecule has 1 aliphatic rings. The number of carbonyl (C=O) groups excluding carboxylic acids is 1. The van der Waals surface area contributed by atoms with Gasteiger partial charge in [0.1, 0.15) is 0 Å². The summed E-state index contributed by atoms with van der Waals surface area (Å²) >= 11 is 0. The van der Waals surface area contributed by atoms with E-state index in [-0.39, 0.29) is 37.5 Å². The van der Waals surface area contributed by atoms with E-state index in [1.807, 2.05) is 0 Å². The van der Waals surface area contributed by atoms with Gasteiger partial charge in [0.05, 0.1) is 0 Å². The smallest absolute Gasteiger partial charge is 0.337 e. The van der Waals surface area contributed by atoms with Crippen molar-refractivity contribution in [2.24, 2.45) is 11.7 Å². The van der Waals surface area contributed by atoms with E-state index in [4.69, 9.17) is 5.73 Å². The number of piperidine rings is 1. The van der Waals surface area contributed by atoms with Crippen LogP contribution in [0.3, 0.4) is 0 Å². The van der Waals surface area contributed by atoms with Crippen LogP contribution < -0.4 is 5.73 Å². The van der Waals surface area contributed by atoms with Crippen LogP contribution >= 0.6 is 12.4 Å². The highest BCUT2D eigenvalue weighted by Gasteiger charge is 2.51. The molecule has 1 saturated heterocycles. The number of alkyl halides is 4. The Morgan fingerprint density at radius 1 is 1.33 bits per heavy atom. The van der Waals surface area contributed by atoms with Crippen molar-refractivity contribution >= 4 is 18.3 Å². The minimum Gasteiger partial charge on any atom is -0.337 e. The summed E-state index contributed by atoms with van der Waals surface area (Å²) in [6, 6.07) is -0.0807. The number of rotatable bonds is 3. The van der Waals surface area contributed by atoms with Gasteiger partial charge in [-0.05, 0) is 25.7 Å². The molecule has 0 aromatic rings. The fraction of sp³-hybridized carbons (Fsp3) is 0.900. The van der Waals surface area contributed by atoms with Crippen LogP contribution in [0.15, 0.2) is 0 Å². The SMILES string of the molecule is CC(N)C1CCN(C(=O)C(F)(F)C(F)F)CC1.Cl. The highest BCUT2D eigenvalue weighted by Crippen LogP contribution is 2.28. The number of amides is 1. The summed E-state index contributed by atoms with van der Waals surface area (Å²) in [7, 11) is 0. The van der Waals surface area contributed by atoms with E-state index in [0.717, 1.165) is 4.90 Å². The molecule has 0 spiro atoms. The minimum absolute atomic E-state index is 0. The van der Waals surface area contributed by atoms with E-state index < -0.39 is 18.3 Å². The first-order chi connectivity index (χ1) is 7.76. The predicted molar refractivity (Wildman–Crippen MR) is 61.2 cm³/mol. The molecule has 2 N–H and O–H groups in total. The summed E-state index contributed by atoms with van der Waals surface area (Å²) in [5, 5.41) is 0. The van der Waals surface area contributed by atoms with Crippen molar-refractivity contribution in [3.8, 4) is 0 Å². The lowest BCUT2D eigenvalue weighted by molar-refractivity contribution is -0.181. The van der Waals surface area contributed by atoms with E-state index >= 15 is 0 Å². The van der Waals surface area contributed by atoms with Gasteiger partial charge in [0.2, 0.25) is 0 Å². The van der Waals surface area contributed by atoms with Gasteiger partial charge < -0.3 is 10.6 Å². The molecule has 0 aromatic heterocycles. The fourth-order valence-corrected chi connectivity index (χ4v) is 1.93. The van der Waals surface area contributed by atoms with Crippen molar-refractivity contribution in [2.75, 3.05) is 13.1 Å². The number of hydrogen-bond acceptors (Lipinski definition) is 2. The quantitative estimate of drug-likeness (QED) is 0.808. The molecule has 1 unspecified atom stereocenters. The van der Waals surface area contributed by atoms with Gasteiger partial charge in [-0.1, -0.05) is 0 Å². The van der Waals surface area contributed by atoms with E-state index in [0.29, 0.717) is 12.8 Å². The maximum atomic E-state index is 12.8. The Bertz CT molecular complexity index is 281. The van der Waals surface area contributed by atoms with E-state index in [2.05, 4.69) is 0 Å². The number of carbonyl (C=O) groups is 1. The van der Waals surface area contributed by atoms with Crippen molar-refractivity contribution in [3.05, 3.63) is 0 Å². The van der Waals surface area contributed by atoms with Crippen LogP contribution in [0.4, 0.5) is 17.6 Å². The number of hydrogen-bond donors (Lipinski definition) is 1. The molecule has 8 heteroatoms. The van der Waals surface area contributed by atoms with Gasteiger partial charge in [0, 0.05) is 19.1 Å². The van der Waals surface area contributed by atoms with Gasteiger partial charge in [-0.3, -0.25) is 4.79 Å². The molecular formula is C10H17ClF4N2O.